The molecule has 5 nitrogen and oxygen atoms in total. The van der Waals surface area contributed by atoms with Crippen LogP contribution in [0.1, 0.15) is 32.2 Å². The van der Waals surface area contributed by atoms with Crippen LogP contribution in [-0.2, 0) is 4.74 Å². The summed E-state index contributed by atoms with van der Waals surface area (Å²) in [6, 6.07) is 0.687. The van der Waals surface area contributed by atoms with Crippen LogP contribution >= 0.6 is 0 Å². The quantitative estimate of drug-likeness (QED) is 0.910. The smallest absolute Gasteiger partial charge is 0.205 e. The SMILES string of the molecule is COCC(C)n1ccnc1N1CC2CCCC(N)C2C1. The van der Waals surface area contributed by atoms with Crippen molar-refractivity contribution in [3.63, 3.8) is 0 Å². The lowest BCUT2D eigenvalue weighted by atomic mass is 9.78. The summed E-state index contributed by atoms with van der Waals surface area (Å²) in [4.78, 5) is 7.00. The minimum atomic E-state index is 0.314. The zero-order valence-electron chi connectivity index (χ0n) is 12.5. The van der Waals surface area contributed by atoms with Crippen LogP contribution in [0.15, 0.2) is 12.4 Å². The van der Waals surface area contributed by atoms with Gasteiger partial charge < -0.3 is 19.9 Å². The van der Waals surface area contributed by atoms with Crippen LogP contribution in [0.25, 0.3) is 0 Å². The van der Waals surface area contributed by atoms with E-state index >= 15 is 0 Å². The minimum absolute atomic E-state index is 0.314. The van der Waals surface area contributed by atoms with Crippen molar-refractivity contribution >= 4 is 5.95 Å². The number of hydrogen-bond donors (Lipinski definition) is 1. The van der Waals surface area contributed by atoms with Gasteiger partial charge in [-0.1, -0.05) is 6.42 Å². The van der Waals surface area contributed by atoms with E-state index in [1.165, 1.54) is 19.3 Å². The molecule has 112 valence electrons. The van der Waals surface area contributed by atoms with Crippen LogP contribution in [-0.4, -0.2) is 42.4 Å². The van der Waals surface area contributed by atoms with Crippen molar-refractivity contribution in [3.8, 4) is 0 Å². The topological polar surface area (TPSA) is 56.3 Å². The lowest BCUT2D eigenvalue weighted by molar-refractivity contribution is 0.162. The molecule has 1 aromatic rings. The van der Waals surface area contributed by atoms with Gasteiger partial charge in [0.2, 0.25) is 5.95 Å². The first-order valence-corrected chi connectivity index (χ1v) is 7.73. The first-order chi connectivity index (χ1) is 9.70. The first-order valence-electron chi connectivity index (χ1n) is 7.73. The zero-order valence-corrected chi connectivity index (χ0v) is 12.5. The maximum atomic E-state index is 6.31. The highest BCUT2D eigenvalue weighted by atomic mass is 16.5. The fraction of sp³-hybridized carbons (Fsp3) is 0.800. The summed E-state index contributed by atoms with van der Waals surface area (Å²) in [6.45, 7) is 5.05. The molecule has 2 heterocycles. The average Bonchev–Trinajstić information content (AvgIpc) is 3.05. The molecule has 0 bridgehead atoms. The molecule has 20 heavy (non-hydrogen) atoms. The van der Waals surface area contributed by atoms with Gasteiger partial charge in [0.25, 0.3) is 0 Å². The molecular weight excluding hydrogens is 252 g/mol. The molecule has 2 fully saturated rings. The summed E-state index contributed by atoms with van der Waals surface area (Å²) >= 11 is 0. The van der Waals surface area contributed by atoms with Crippen molar-refractivity contribution in [2.24, 2.45) is 17.6 Å². The number of imidazole rings is 1. The summed E-state index contributed by atoms with van der Waals surface area (Å²) < 4.78 is 7.50. The maximum Gasteiger partial charge on any atom is 0.205 e. The lowest BCUT2D eigenvalue weighted by Gasteiger charge is -2.29. The molecule has 2 aliphatic rings. The fourth-order valence-corrected chi connectivity index (χ4v) is 3.90. The van der Waals surface area contributed by atoms with Gasteiger partial charge in [-0.15, -0.1) is 0 Å². The number of fused-ring (bicyclic) bond motifs is 1. The van der Waals surface area contributed by atoms with E-state index in [2.05, 4.69) is 27.6 Å². The Morgan fingerprint density at radius 1 is 1.45 bits per heavy atom. The van der Waals surface area contributed by atoms with Gasteiger partial charge in [-0.25, -0.2) is 4.98 Å². The molecule has 0 spiro atoms. The van der Waals surface area contributed by atoms with Crippen LogP contribution in [0, 0.1) is 11.8 Å². The summed E-state index contributed by atoms with van der Waals surface area (Å²) in [5, 5.41) is 0. The van der Waals surface area contributed by atoms with Crippen molar-refractivity contribution in [3.05, 3.63) is 12.4 Å². The Labute approximate surface area is 121 Å². The lowest BCUT2D eigenvalue weighted by Crippen LogP contribution is -2.38. The molecule has 4 unspecified atom stereocenters. The van der Waals surface area contributed by atoms with E-state index in [1.807, 2.05) is 6.20 Å². The third-order valence-electron chi connectivity index (χ3n) is 4.97. The second-order valence-corrected chi connectivity index (χ2v) is 6.36. The molecule has 1 aromatic heterocycles. The van der Waals surface area contributed by atoms with Gasteiger partial charge in [0, 0.05) is 38.6 Å². The molecule has 5 heteroatoms. The molecule has 1 saturated carbocycles. The Bertz CT molecular complexity index is 447. The summed E-state index contributed by atoms with van der Waals surface area (Å²) in [6.07, 6.45) is 7.74. The van der Waals surface area contributed by atoms with Gasteiger partial charge in [0.15, 0.2) is 0 Å². The number of rotatable bonds is 4. The molecule has 3 rings (SSSR count). The number of methoxy groups -OCH3 is 1. The molecule has 2 N–H and O–H groups in total. The van der Waals surface area contributed by atoms with Crippen molar-refractivity contribution in [2.75, 3.05) is 31.7 Å². The zero-order chi connectivity index (χ0) is 14.1. The summed E-state index contributed by atoms with van der Waals surface area (Å²) in [5.41, 5.74) is 6.31. The van der Waals surface area contributed by atoms with Crippen LogP contribution in [0.4, 0.5) is 5.95 Å². The maximum absolute atomic E-state index is 6.31. The third kappa shape index (κ3) is 2.44. The molecule has 0 amide bonds. The standard InChI is InChI=1S/C15H26N4O/c1-11(10-20-2)19-7-6-17-15(19)18-8-12-4-3-5-14(16)13(12)9-18/h6-7,11-14H,3-5,8-10,16H2,1-2H3. The Hall–Kier alpha value is -1.07. The molecule has 0 radical (unpaired) electrons. The Kier molecular flexibility index (Phi) is 3.98. The van der Waals surface area contributed by atoms with Crippen LogP contribution in [0.5, 0.6) is 0 Å². The number of hydrogen-bond acceptors (Lipinski definition) is 4. The van der Waals surface area contributed by atoms with E-state index in [-0.39, 0.29) is 0 Å². The first kappa shape index (κ1) is 13.9. The highest BCUT2D eigenvalue weighted by Gasteiger charge is 2.39. The molecule has 1 aliphatic carbocycles. The second-order valence-electron chi connectivity index (χ2n) is 6.36. The van der Waals surface area contributed by atoms with Crippen molar-refractivity contribution in [1.29, 1.82) is 0 Å². The largest absolute Gasteiger partial charge is 0.383 e. The monoisotopic (exact) mass is 278 g/mol. The van der Waals surface area contributed by atoms with E-state index < -0.39 is 0 Å². The Morgan fingerprint density at radius 2 is 2.30 bits per heavy atom. The van der Waals surface area contributed by atoms with Crippen LogP contribution in [0.2, 0.25) is 0 Å². The minimum Gasteiger partial charge on any atom is -0.383 e. The number of anilines is 1. The van der Waals surface area contributed by atoms with Crippen molar-refractivity contribution in [2.45, 2.75) is 38.3 Å². The molecule has 1 aliphatic heterocycles. The van der Waals surface area contributed by atoms with E-state index in [4.69, 9.17) is 10.5 Å². The summed E-state index contributed by atoms with van der Waals surface area (Å²) in [7, 11) is 1.75. The van der Waals surface area contributed by atoms with Gasteiger partial charge in [-0.3, -0.25) is 0 Å². The number of nitrogens with zero attached hydrogens (tertiary/aromatic N) is 3. The number of ether oxygens (including phenoxy) is 1. The van der Waals surface area contributed by atoms with Gasteiger partial charge in [-0.2, -0.15) is 0 Å². The van der Waals surface area contributed by atoms with Gasteiger partial charge in [-0.05, 0) is 31.6 Å². The van der Waals surface area contributed by atoms with Crippen molar-refractivity contribution < 1.29 is 4.74 Å². The molecule has 4 atom stereocenters. The van der Waals surface area contributed by atoms with Gasteiger partial charge >= 0.3 is 0 Å². The highest BCUT2D eigenvalue weighted by Crippen LogP contribution is 2.37. The van der Waals surface area contributed by atoms with E-state index in [1.54, 1.807) is 7.11 Å². The third-order valence-corrected chi connectivity index (χ3v) is 4.97. The average molecular weight is 278 g/mol. The molecular formula is C15H26N4O. The number of nitrogens with two attached hydrogens (primary N) is 1. The van der Waals surface area contributed by atoms with Crippen LogP contribution in [0.3, 0.4) is 0 Å². The molecule has 1 saturated heterocycles. The fourth-order valence-electron chi connectivity index (χ4n) is 3.90. The molecule has 0 aromatic carbocycles. The normalized spacial score (nSPS) is 31.4. The van der Waals surface area contributed by atoms with Gasteiger partial charge in [0.05, 0.1) is 12.6 Å². The second kappa shape index (κ2) is 5.74. The Morgan fingerprint density at radius 3 is 3.05 bits per heavy atom. The van der Waals surface area contributed by atoms with E-state index in [0.29, 0.717) is 24.6 Å². The summed E-state index contributed by atoms with van der Waals surface area (Å²) in [5.74, 6) is 2.48. The van der Waals surface area contributed by atoms with Crippen LogP contribution < -0.4 is 10.6 Å². The van der Waals surface area contributed by atoms with E-state index in [9.17, 15) is 0 Å². The predicted molar refractivity (Wildman–Crippen MR) is 79.8 cm³/mol. The van der Waals surface area contributed by atoms with Gasteiger partial charge in [0.1, 0.15) is 0 Å². The Balaban J connectivity index is 1.76. The van der Waals surface area contributed by atoms with Crippen molar-refractivity contribution in [1.82, 2.24) is 9.55 Å². The predicted octanol–water partition coefficient (Wildman–Crippen LogP) is 1.65. The highest BCUT2D eigenvalue weighted by molar-refractivity contribution is 5.35. The van der Waals surface area contributed by atoms with E-state index in [0.717, 1.165) is 25.0 Å². The number of aromatic nitrogens is 2.